The first-order valence-electron chi connectivity index (χ1n) is 6.98. The summed E-state index contributed by atoms with van der Waals surface area (Å²) < 4.78 is 2.30. The van der Waals surface area contributed by atoms with Crippen LogP contribution in [-0.2, 0) is 25.8 Å². The second-order valence-corrected chi connectivity index (χ2v) is 5.53. The Morgan fingerprint density at radius 2 is 2.21 bits per heavy atom. The normalized spacial score (nSPS) is 18.3. The lowest BCUT2D eigenvalue weighted by atomic mass is 10.00. The van der Waals surface area contributed by atoms with Gasteiger partial charge in [-0.15, -0.1) is 10.2 Å². The van der Waals surface area contributed by atoms with Gasteiger partial charge in [0.25, 0.3) is 0 Å². The minimum Gasteiger partial charge on any atom is -0.399 e. The Morgan fingerprint density at radius 3 is 3.05 bits per heavy atom. The van der Waals surface area contributed by atoms with Gasteiger partial charge >= 0.3 is 0 Å². The van der Waals surface area contributed by atoms with Crippen LogP contribution in [0, 0.1) is 5.92 Å². The van der Waals surface area contributed by atoms with Crippen LogP contribution in [0.15, 0.2) is 24.3 Å². The van der Waals surface area contributed by atoms with Crippen molar-refractivity contribution in [2.45, 2.75) is 39.2 Å². The summed E-state index contributed by atoms with van der Waals surface area (Å²) in [7, 11) is 0. The molecule has 1 unspecified atom stereocenters. The van der Waals surface area contributed by atoms with E-state index in [1.807, 2.05) is 18.2 Å². The number of rotatable bonds is 3. The fourth-order valence-electron chi connectivity index (χ4n) is 2.73. The van der Waals surface area contributed by atoms with E-state index in [1.54, 1.807) is 0 Å². The molecule has 1 aromatic carbocycles. The summed E-state index contributed by atoms with van der Waals surface area (Å²) in [4.78, 5) is 0. The Balaban J connectivity index is 1.71. The molecule has 0 bridgehead atoms. The predicted molar refractivity (Wildman–Crippen MR) is 75.8 cm³/mol. The van der Waals surface area contributed by atoms with Crippen molar-refractivity contribution in [1.82, 2.24) is 14.8 Å². The minimum absolute atomic E-state index is 0.735. The highest BCUT2D eigenvalue weighted by Gasteiger charge is 2.19. The monoisotopic (exact) mass is 256 g/mol. The Hall–Kier alpha value is -1.84. The number of anilines is 1. The molecule has 4 heteroatoms. The molecular weight excluding hydrogens is 236 g/mol. The van der Waals surface area contributed by atoms with Crippen molar-refractivity contribution in [3.8, 4) is 0 Å². The first-order valence-corrected chi connectivity index (χ1v) is 6.98. The maximum atomic E-state index is 5.80. The molecule has 4 nitrogen and oxygen atoms in total. The molecule has 0 spiro atoms. The highest BCUT2D eigenvalue weighted by Crippen LogP contribution is 2.20. The zero-order valence-electron chi connectivity index (χ0n) is 11.3. The van der Waals surface area contributed by atoms with Crippen LogP contribution >= 0.6 is 0 Å². The molecule has 19 heavy (non-hydrogen) atoms. The van der Waals surface area contributed by atoms with Crippen LogP contribution in [0.4, 0.5) is 5.69 Å². The van der Waals surface area contributed by atoms with Crippen molar-refractivity contribution in [3.63, 3.8) is 0 Å². The summed E-state index contributed by atoms with van der Waals surface area (Å²) in [6.07, 6.45) is 4.20. The molecule has 2 aromatic rings. The van der Waals surface area contributed by atoms with Gasteiger partial charge in [0.05, 0.1) is 0 Å². The number of fused-ring (bicyclic) bond motifs is 1. The van der Waals surface area contributed by atoms with Crippen LogP contribution in [0.2, 0.25) is 0 Å². The number of nitrogens with zero attached hydrogens (tertiary/aromatic N) is 3. The Morgan fingerprint density at radius 1 is 1.32 bits per heavy atom. The first kappa shape index (κ1) is 12.2. The fourth-order valence-corrected chi connectivity index (χ4v) is 2.73. The number of nitrogens with two attached hydrogens (primary N) is 1. The summed E-state index contributed by atoms with van der Waals surface area (Å²) in [5, 5.41) is 8.68. The van der Waals surface area contributed by atoms with Crippen LogP contribution < -0.4 is 5.73 Å². The maximum absolute atomic E-state index is 5.80. The Kier molecular flexibility index (Phi) is 3.23. The zero-order valence-corrected chi connectivity index (χ0v) is 11.3. The van der Waals surface area contributed by atoms with Crippen LogP contribution in [-0.4, -0.2) is 14.8 Å². The second kappa shape index (κ2) is 5.03. The van der Waals surface area contributed by atoms with Gasteiger partial charge < -0.3 is 10.3 Å². The smallest absolute Gasteiger partial charge is 0.133 e. The van der Waals surface area contributed by atoms with Gasteiger partial charge in [0.1, 0.15) is 11.6 Å². The third kappa shape index (κ3) is 2.62. The van der Waals surface area contributed by atoms with Gasteiger partial charge in [0.2, 0.25) is 0 Å². The molecule has 0 amide bonds. The van der Waals surface area contributed by atoms with E-state index >= 15 is 0 Å². The molecular formula is C15H20N4. The molecule has 100 valence electrons. The quantitative estimate of drug-likeness (QED) is 0.857. The predicted octanol–water partition coefficient (Wildman–Crippen LogP) is 2.23. The van der Waals surface area contributed by atoms with E-state index in [9.17, 15) is 0 Å². The van der Waals surface area contributed by atoms with Gasteiger partial charge in [0, 0.05) is 25.1 Å². The fraction of sp³-hybridized carbons (Fsp3) is 0.467. The van der Waals surface area contributed by atoms with E-state index in [4.69, 9.17) is 5.73 Å². The van der Waals surface area contributed by atoms with Crippen molar-refractivity contribution in [2.24, 2.45) is 5.92 Å². The Labute approximate surface area is 113 Å². The SMILES string of the molecule is CC1CCn2c(CCc3cccc(N)c3)nnc2C1. The number of benzene rings is 1. The molecule has 1 aromatic heterocycles. The highest BCUT2D eigenvalue weighted by atomic mass is 15.3. The molecule has 0 saturated heterocycles. The van der Waals surface area contributed by atoms with Crippen molar-refractivity contribution in [2.75, 3.05) is 5.73 Å². The van der Waals surface area contributed by atoms with Crippen molar-refractivity contribution in [1.29, 1.82) is 0 Å². The van der Waals surface area contributed by atoms with Crippen LogP contribution in [0.1, 0.15) is 30.6 Å². The number of aromatic nitrogens is 3. The van der Waals surface area contributed by atoms with Gasteiger partial charge in [-0.25, -0.2) is 0 Å². The van der Waals surface area contributed by atoms with Gasteiger partial charge in [-0.05, 0) is 36.5 Å². The summed E-state index contributed by atoms with van der Waals surface area (Å²) in [5.41, 5.74) is 7.89. The molecule has 3 rings (SSSR count). The molecule has 0 radical (unpaired) electrons. The number of nitrogen functional groups attached to an aromatic ring is 1. The summed E-state index contributed by atoms with van der Waals surface area (Å²) in [5.74, 6) is 3.00. The largest absolute Gasteiger partial charge is 0.399 e. The van der Waals surface area contributed by atoms with E-state index < -0.39 is 0 Å². The lowest BCUT2D eigenvalue weighted by Gasteiger charge is -2.20. The second-order valence-electron chi connectivity index (χ2n) is 5.53. The summed E-state index contributed by atoms with van der Waals surface area (Å²) in [6.45, 7) is 3.35. The highest BCUT2D eigenvalue weighted by molar-refractivity contribution is 5.40. The lowest BCUT2D eigenvalue weighted by Crippen LogP contribution is -2.19. The van der Waals surface area contributed by atoms with Gasteiger partial charge in [-0.2, -0.15) is 0 Å². The lowest BCUT2D eigenvalue weighted by molar-refractivity contribution is 0.402. The van der Waals surface area contributed by atoms with Crippen LogP contribution in [0.3, 0.4) is 0 Å². The van der Waals surface area contributed by atoms with Crippen LogP contribution in [0.5, 0.6) is 0 Å². The average molecular weight is 256 g/mol. The van der Waals surface area contributed by atoms with Crippen molar-refractivity contribution in [3.05, 3.63) is 41.5 Å². The van der Waals surface area contributed by atoms with E-state index in [-0.39, 0.29) is 0 Å². The number of hydrogen-bond acceptors (Lipinski definition) is 3. The maximum Gasteiger partial charge on any atom is 0.133 e. The standard InChI is InChI=1S/C15H20N4/c1-11-7-8-19-14(17-18-15(19)9-11)6-5-12-3-2-4-13(16)10-12/h2-4,10-11H,5-9,16H2,1H3. The number of aryl methyl sites for hydroxylation is 2. The van der Waals surface area contributed by atoms with E-state index in [0.29, 0.717) is 0 Å². The van der Waals surface area contributed by atoms with Gasteiger partial charge in [0.15, 0.2) is 0 Å². The van der Waals surface area contributed by atoms with Crippen molar-refractivity contribution >= 4 is 5.69 Å². The van der Waals surface area contributed by atoms with E-state index in [1.165, 1.54) is 12.0 Å². The van der Waals surface area contributed by atoms with E-state index in [0.717, 1.165) is 49.1 Å². The first-order chi connectivity index (χ1) is 9.22. The summed E-state index contributed by atoms with van der Waals surface area (Å²) in [6, 6.07) is 8.08. The molecule has 2 N–H and O–H groups in total. The molecule has 0 fully saturated rings. The number of hydrogen-bond donors (Lipinski definition) is 1. The molecule has 0 aliphatic carbocycles. The Bertz CT molecular complexity index is 573. The molecule has 1 aliphatic heterocycles. The summed E-state index contributed by atoms with van der Waals surface area (Å²) >= 11 is 0. The third-order valence-corrected chi connectivity index (χ3v) is 3.87. The minimum atomic E-state index is 0.735. The average Bonchev–Trinajstić information content (AvgIpc) is 2.78. The third-order valence-electron chi connectivity index (χ3n) is 3.87. The van der Waals surface area contributed by atoms with E-state index in [2.05, 4.69) is 27.8 Å². The molecule has 2 heterocycles. The molecule has 0 saturated carbocycles. The molecule has 1 atom stereocenters. The van der Waals surface area contributed by atoms with Gasteiger partial charge in [-0.1, -0.05) is 19.1 Å². The molecule has 1 aliphatic rings. The van der Waals surface area contributed by atoms with Crippen LogP contribution in [0.25, 0.3) is 0 Å². The van der Waals surface area contributed by atoms with Gasteiger partial charge in [-0.3, -0.25) is 0 Å². The topological polar surface area (TPSA) is 56.7 Å². The zero-order chi connectivity index (χ0) is 13.2. The van der Waals surface area contributed by atoms with Crippen molar-refractivity contribution < 1.29 is 0 Å².